The Hall–Kier alpha value is -0.843. The molecular formula is C8H15NO3Si. The van der Waals surface area contributed by atoms with Crippen molar-refractivity contribution in [2.45, 2.75) is 37.6 Å². The van der Waals surface area contributed by atoms with E-state index in [1.165, 1.54) is 0 Å². The molecule has 1 saturated heterocycles. The molecule has 2 N–H and O–H groups in total. The van der Waals surface area contributed by atoms with Crippen LogP contribution in [-0.4, -0.2) is 30.2 Å². The van der Waals surface area contributed by atoms with Gasteiger partial charge in [-0.1, -0.05) is 19.6 Å². The number of carboxylic acids is 1. The van der Waals surface area contributed by atoms with E-state index in [1.54, 1.807) is 0 Å². The highest BCUT2D eigenvalue weighted by atomic mass is 28.3. The standard InChI is InChI=1S/C8H15NO3Si/c1-13(2,3)8(7(11)12)5-4-6(10)9-8/h4-5H2,1-3H3,(H,9,10)(H,11,12)/t8-/m1/s1. The Kier molecular flexibility index (Phi) is 2.23. The van der Waals surface area contributed by atoms with Gasteiger partial charge in [0.25, 0.3) is 0 Å². The van der Waals surface area contributed by atoms with Crippen LogP contribution in [0.2, 0.25) is 19.6 Å². The molecule has 0 aliphatic carbocycles. The highest BCUT2D eigenvalue weighted by molar-refractivity contribution is 6.82. The van der Waals surface area contributed by atoms with Crippen LogP contribution in [0.3, 0.4) is 0 Å². The minimum atomic E-state index is -1.91. The third-order valence-corrected chi connectivity index (χ3v) is 5.87. The molecule has 0 aromatic carbocycles. The van der Waals surface area contributed by atoms with Gasteiger partial charge >= 0.3 is 5.97 Å². The summed E-state index contributed by atoms with van der Waals surface area (Å²) in [7, 11) is -1.91. The summed E-state index contributed by atoms with van der Waals surface area (Å²) >= 11 is 0. The molecule has 1 atom stereocenters. The molecule has 1 fully saturated rings. The van der Waals surface area contributed by atoms with Crippen molar-refractivity contribution in [2.24, 2.45) is 0 Å². The van der Waals surface area contributed by atoms with Crippen LogP contribution in [0.15, 0.2) is 0 Å². The van der Waals surface area contributed by atoms with Crippen LogP contribution < -0.4 is 5.32 Å². The fourth-order valence-corrected chi connectivity index (χ4v) is 3.74. The quantitative estimate of drug-likeness (QED) is 0.643. The van der Waals surface area contributed by atoms with Crippen LogP contribution >= 0.6 is 0 Å². The van der Waals surface area contributed by atoms with Crippen LogP contribution in [0.1, 0.15) is 12.8 Å². The first-order valence-electron chi connectivity index (χ1n) is 4.34. The molecule has 0 aromatic rings. The molecule has 4 nitrogen and oxygen atoms in total. The summed E-state index contributed by atoms with van der Waals surface area (Å²) in [6.45, 7) is 5.90. The average Bonchev–Trinajstić information content (AvgIpc) is 2.30. The summed E-state index contributed by atoms with van der Waals surface area (Å²) in [5.41, 5.74) is 0. The average molecular weight is 201 g/mol. The molecule has 0 spiro atoms. The van der Waals surface area contributed by atoms with Crippen LogP contribution in [0, 0.1) is 0 Å². The van der Waals surface area contributed by atoms with Gasteiger partial charge in [0, 0.05) is 6.42 Å². The molecule has 5 heteroatoms. The highest BCUT2D eigenvalue weighted by Crippen LogP contribution is 2.30. The lowest BCUT2D eigenvalue weighted by molar-refractivity contribution is -0.142. The Morgan fingerprint density at radius 2 is 2.08 bits per heavy atom. The second kappa shape index (κ2) is 2.83. The maximum atomic E-state index is 11.1. The van der Waals surface area contributed by atoms with E-state index in [0.29, 0.717) is 12.8 Å². The first-order chi connectivity index (χ1) is 5.79. The van der Waals surface area contributed by atoms with Gasteiger partial charge in [-0.25, -0.2) is 0 Å². The molecule has 74 valence electrons. The van der Waals surface area contributed by atoms with Gasteiger partial charge in [-0.3, -0.25) is 9.59 Å². The van der Waals surface area contributed by atoms with Crippen LogP contribution in [0.5, 0.6) is 0 Å². The van der Waals surface area contributed by atoms with E-state index in [4.69, 9.17) is 5.11 Å². The number of hydrogen-bond donors (Lipinski definition) is 2. The summed E-state index contributed by atoms with van der Waals surface area (Å²) in [5.74, 6) is -1.01. The lowest BCUT2D eigenvalue weighted by atomic mass is 10.2. The summed E-state index contributed by atoms with van der Waals surface area (Å²) in [6.07, 6.45) is 0.785. The number of carbonyl (C=O) groups excluding carboxylic acids is 1. The van der Waals surface area contributed by atoms with Crippen LogP contribution in [0.25, 0.3) is 0 Å². The van der Waals surface area contributed by atoms with Gasteiger partial charge in [0.2, 0.25) is 5.91 Å². The first-order valence-corrected chi connectivity index (χ1v) is 7.84. The number of carbonyl (C=O) groups is 2. The SMILES string of the molecule is C[Si](C)(C)[C@@]1(C(=O)O)CCC(=O)N1. The normalized spacial score (nSPS) is 28.7. The molecule has 0 radical (unpaired) electrons. The summed E-state index contributed by atoms with van der Waals surface area (Å²) in [5, 5.41) is 10.8. The Morgan fingerprint density at radius 3 is 2.23 bits per heavy atom. The van der Waals surface area contributed by atoms with Crippen molar-refractivity contribution in [2.75, 3.05) is 0 Å². The van der Waals surface area contributed by atoms with Gasteiger partial charge < -0.3 is 10.4 Å². The second-order valence-electron chi connectivity index (χ2n) is 4.51. The van der Waals surface area contributed by atoms with E-state index in [2.05, 4.69) is 5.32 Å². The number of aliphatic carboxylic acids is 1. The Balaban J connectivity index is 3.04. The van der Waals surface area contributed by atoms with Gasteiger partial charge in [-0.05, 0) is 6.42 Å². The van der Waals surface area contributed by atoms with Gasteiger partial charge in [0.1, 0.15) is 5.16 Å². The Labute approximate surface area is 78.3 Å². The monoisotopic (exact) mass is 201 g/mol. The topological polar surface area (TPSA) is 66.4 Å². The zero-order chi connectivity index (χ0) is 10.3. The molecule has 1 rings (SSSR count). The third-order valence-electron chi connectivity index (χ3n) is 2.73. The smallest absolute Gasteiger partial charge is 0.325 e. The Morgan fingerprint density at radius 1 is 1.54 bits per heavy atom. The predicted octanol–water partition coefficient (Wildman–Crippen LogP) is 0.597. The van der Waals surface area contributed by atoms with E-state index in [0.717, 1.165) is 0 Å². The molecule has 0 unspecified atom stereocenters. The van der Waals surface area contributed by atoms with E-state index in [-0.39, 0.29) is 5.91 Å². The largest absolute Gasteiger partial charge is 0.480 e. The minimum Gasteiger partial charge on any atom is -0.480 e. The molecular weight excluding hydrogens is 186 g/mol. The number of rotatable bonds is 2. The van der Waals surface area contributed by atoms with E-state index >= 15 is 0 Å². The first kappa shape index (κ1) is 10.2. The van der Waals surface area contributed by atoms with E-state index in [1.807, 2.05) is 19.6 Å². The maximum absolute atomic E-state index is 11.1. The highest BCUT2D eigenvalue weighted by Gasteiger charge is 2.54. The van der Waals surface area contributed by atoms with Crippen molar-refractivity contribution in [3.63, 3.8) is 0 Å². The molecule has 0 bridgehead atoms. The summed E-state index contributed by atoms with van der Waals surface area (Å²) in [4.78, 5) is 22.2. The number of carboxylic acid groups (broad SMARTS) is 1. The van der Waals surface area contributed by atoms with Gasteiger partial charge in [-0.2, -0.15) is 0 Å². The van der Waals surface area contributed by atoms with Gasteiger partial charge in [0.05, 0.1) is 8.07 Å². The molecule has 1 amide bonds. The predicted molar refractivity (Wildman–Crippen MR) is 51.1 cm³/mol. The second-order valence-corrected chi connectivity index (χ2v) is 9.86. The summed E-state index contributed by atoms with van der Waals surface area (Å²) in [6, 6.07) is 0. The van der Waals surface area contributed by atoms with Crippen molar-refractivity contribution in [3.05, 3.63) is 0 Å². The Bertz CT molecular complexity index is 259. The number of hydrogen-bond acceptors (Lipinski definition) is 2. The number of amides is 1. The van der Waals surface area contributed by atoms with Crippen molar-refractivity contribution < 1.29 is 14.7 Å². The van der Waals surface area contributed by atoms with Gasteiger partial charge in [-0.15, -0.1) is 0 Å². The van der Waals surface area contributed by atoms with E-state index < -0.39 is 19.2 Å². The fourth-order valence-electron chi connectivity index (χ4n) is 1.71. The molecule has 1 aliphatic heterocycles. The molecule has 0 saturated carbocycles. The zero-order valence-electron chi connectivity index (χ0n) is 8.18. The molecule has 0 aromatic heterocycles. The van der Waals surface area contributed by atoms with Crippen molar-refractivity contribution in [3.8, 4) is 0 Å². The molecule has 1 heterocycles. The number of nitrogens with one attached hydrogen (secondary N) is 1. The minimum absolute atomic E-state index is 0.134. The summed E-state index contributed by atoms with van der Waals surface area (Å²) < 4.78 is 0. The van der Waals surface area contributed by atoms with Crippen molar-refractivity contribution >= 4 is 20.0 Å². The van der Waals surface area contributed by atoms with Crippen molar-refractivity contribution in [1.82, 2.24) is 5.32 Å². The van der Waals surface area contributed by atoms with E-state index in [9.17, 15) is 9.59 Å². The lowest BCUT2D eigenvalue weighted by Crippen LogP contribution is -2.64. The lowest BCUT2D eigenvalue weighted by Gasteiger charge is -2.35. The molecule has 1 aliphatic rings. The van der Waals surface area contributed by atoms with Crippen molar-refractivity contribution in [1.29, 1.82) is 0 Å². The fraction of sp³-hybridized carbons (Fsp3) is 0.750. The van der Waals surface area contributed by atoms with Gasteiger partial charge in [0.15, 0.2) is 0 Å². The zero-order valence-corrected chi connectivity index (χ0v) is 9.18. The third kappa shape index (κ3) is 1.48. The van der Waals surface area contributed by atoms with Crippen LogP contribution in [-0.2, 0) is 9.59 Å². The van der Waals surface area contributed by atoms with Crippen LogP contribution in [0.4, 0.5) is 0 Å². The molecule has 13 heavy (non-hydrogen) atoms. The maximum Gasteiger partial charge on any atom is 0.325 e.